The van der Waals surface area contributed by atoms with Gasteiger partial charge in [-0.1, -0.05) is 38.1 Å². The van der Waals surface area contributed by atoms with Gasteiger partial charge in [0, 0.05) is 12.6 Å². The third-order valence-corrected chi connectivity index (χ3v) is 3.10. The summed E-state index contributed by atoms with van der Waals surface area (Å²) in [5.74, 6) is 1.79. The van der Waals surface area contributed by atoms with E-state index in [-0.39, 0.29) is 0 Å². The molecule has 0 radical (unpaired) electrons. The molecule has 4 nitrogen and oxygen atoms in total. The highest BCUT2D eigenvalue weighted by molar-refractivity contribution is 5.27. The van der Waals surface area contributed by atoms with Crippen LogP contribution in [0.4, 0.5) is 0 Å². The Hall–Kier alpha value is -1.68. The first-order chi connectivity index (χ1) is 9.06. The second kappa shape index (κ2) is 5.97. The van der Waals surface area contributed by atoms with E-state index in [2.05, 4.69) is 53.5 Å². The Morgan fingerprint density at radius 2 is 1.84 bits per heavy atom. The van der Waals surface area contributed by atoms with Crippen molar-refractivity contribution in [2.24, 2.45) is 0 Å². The Morgan fingerprint density at radius 1 is 1.16 bits per heavy atom. The van der Waals surface area contributed by atoms with Gasteiger partial charge in [0.15, 0.2) is 0 Å². The molecule has 0 unspecified atom stereocenters. The highest BCUT2D eigenvalue weighted by Gasteiger charge is 2.07. The highest BCUT2D eigenvalue weighted by Crippen LogP contribution is 2.11. The highest BCUT2D eigenvalue weighted by atomic mass is 15.3. The van der Waals surface area contributed by atoms with Crippen molar-refractivity contribution in [3.8, 4) is 0 Å². The molecule has 0 saturated heterocycles. The van der Waals surface area contributed by atoms with Crippen molar-refractivity contribution < 1.29 is 0 Å². The summed E-state index contributed by atoms with van der Waals surface area (Å²) in [7, 11) is 0. The normalized spacial score (nSPS) is 11.2. The van der Waals surface area contributed by atoms with Gasteiger partial charge >= 0.3 is 0 Å². The summed E-state index contributed by atoms with van der Waals surface area (Å²) in [6.45, 7) is 9.91. The largest absolute Gasteiger partial charge is 0.310 e. The van der Waals surface area contributed by atoms with Crippen LogP contribution in [0.25, 0.3) is 0 Å². The number of nitrogens with one attached hydrogen (secondary N) is 1. The molecule has 0 amide bonds. The van der Waals surface area contributed by atoms with E-state index in [0.29, 0.717) is 6.04 Å². The van der Waals surface area contributed by atoms with Crippen molar-refractivity contribution in [2.75, 3.05) is 0 Å². The maximum Gasteiger partial charge on any atom is 0.147 e. The molecule has 0 atom stereocenters. The topological polar surface area (TPSA) is 42.7 Å². The number of benzene rings is 1. The van der Waals surface area contributed by atoms with E-state index in [1.807, 2.05) is 18.5 Å². The fourth-order valence-electron chi connectivity index (χ4n) is 2.07. The van der Waals surface area contributed by atoms with E-state index in [9.17, 15) is 0 Å². The number of hydrogen-bond donors (Lipinski definition) is 1. The average Bonchev–Trinajstić information content (AvgIpc) is 2.67. The van der Waals surface area contributed by atoms with Gasteiger partial charge in [0.25, 0.3) is 0 Å². The van der Waals surface area contributed by atoms with Crippen molar-refractivity contribution in [1.82, 2.24) is 20.1 Å². The van der Waals surface area contributed by atoms with Gasteiger partial charge in [0.05, 0.1) is 6.54 Å². The summed E-state index contributed by atoms with van der Waals surface area (Å²) in [6.07, 6.45) is 0. The van der Waals surface area contributed by atoms with Gasteiger partial charge in [-0.15, -0.1) is 0 Å². The van der Waals surface area contributed by atoms with Crippen LogP contribution in [0.15, 0.2) is 24.3 Å². The van der Waals surface area contributed by atoms with Crippen LogP contribution in [-0.2, 0) is 13.1 Å². The SMILES string of the molecule is Cc1nc(C)n(Cc2ccccc2CNC(C)C)n1. The van der Waals surface area contributed by atoms with Crippen LogP contribution in [0, 0.1) is 13.8 Å². The minimum atomic E-state index is 0.489. The summed E-state index contributed by atoms with van der Waals surface area (Å²) < 4.78 is 1.96. The maximum atomic E-state index is 4.43. The zero-order valence-corrected chi connectivity index (χ0v) is 12.1. The number of rotatable bonds is 5. The molecule has 102 valence electrons. The fourth-order valence-corrected chi connectivity index (χ4v) is 2.07. The Labute approximate surface area is 114 Å². The molecule has 0 bridgehead atoms. The molecule has 1 N–H and O–H groups in total. The van der Waals surface area contributed by atoms with E-state index in [0.717, 1.165) is 24.7 Å². The number of hydrogen-bond acceptors (Lipinski definition) is 3. The van der Waals surface area contributed by atoms with Crippen LogP contribution in [0.3, 0.4) is 0 Å². The first-order valence-corrected chi connectivity index (χ1v) is 6.74. The first-order valence-electron chi connectivity index (χ1n) is 6.74. The van der Waals surface area contributed by atoms with Gasteiger partial charge in [0.1, 0.15) is 11.6 Å². The second-order valence-corrected chi connectivity index (χ2v) is 5.17. The molecule has 0 aliphatic rings. The van der Waals surface area contributed by atoms with E-state index in [4.69, 9.17) is 0 Å². The van der Waals surface area contributed by atoms with Crippen molar-refractivity contribution in [1.29, 1.82) is 0 Å². The number of aromatic nitrogens is 3. The van der Waals surface area contributed by atoms with Crippen LogP contribution in [0.1, 0.15) is 36.6 Å². The average molecular weight is 258 g/mol. The fraction of sp³-hybridized carbons (Fsp3) is 0.467. The van der Waals surface area contributed by atoms with Crippen LogP contribution >= 0.6 is 0 Å². The Balaban J connectivity index is 2.17. The predicted octanol–water partition coefficient (Wildman–Crippen LogP) is 2.44. The zero-order valence-electron chi connectivity index (χ0n) is 12.1. The third kappa shape index (κ3) is 3.64. The lowest BCUT2D eigenvalue weighted by Crippen LogP contribution is -2.22. The monoisotopic (exact) mass is 258 g/mol. The van der Waals surface area contributed by atoms with Crippen molar-refractivity contribution in [2.45, 2.75) is 46.8 Å². The molecule has 0 saturated carbocycles. The first kappa shape index (κ1) is 13.7. The molecule has 1 aromatic carbocycles. The second-order valence-electron chi connectivity index (χ2n) is 5.17. The molecule has 0 aliphatic heterocycles. The smallest absolute Gasteiger partial charge is 0.147 e. The van der Waals surface area contributed by atoms with E-state index < -0.39 is 0 Å². The van der Waals surface area contributed by atoms with Crippen molar-refractivity contribution in [3.05, 3.63) is 47.0 Å². The van der Waals surface area contributed by atoms with Gasteiger partial charge < -0.3 is 5.32 Å². The Kier molecular flexibility index (Phi) is 4.32. The van der Waals surface area contributed by atoms with Crippen LogP contribution in [0.5, 0.6) is 0 Å². The maximum absolute atomic E-state index is 4.43. The lowest BCUT2D eigenvalue weighted by molar-refractivity contribution is 0.580. The van der Waals surface area contributed by atoms with E-state index in [1.54, 1.807) is 0 Å². The van der Waals surface area contributed by atoms with E-state index in [1.165, 1.54) is 11.1 Å². The summed E-state index contributed by atoms with van der Waals surface area (Å²) in [5.41, 5.74) is 2.62. The molecular formula is C15H22N4. The van der Waals surface area contributed by atoms with Gasteiger partial charge in [-0.25, -0.2) is 9.67 Å². The standard InChI is InChI=1S/C15H22N4/c1-11(2)16-9-14-7-5-6-8-15(14)10-19-13(4)17-12(3)18-19/h5-8,11,16H,9-10H2,1-4H3. The van der Waals surface area contributed by atoms with Crippen molar-refractivity contribution in [3.63, 3.8) is 0 Å². The summed E-state index contributed by atoms with van der Waals surface area (Å²) in [4.78, 5) is 4.35. The lowest BCUT2D eigenvalue weighted by Gasteiger charge is -2.13. The molecule has 2 aromatic rings. The predicted molar refractivity (Wildman–Crippen MR) is 77.0 cm³/mol. The quantitative estimate of drug-likeness (QED) is 0.895. The molecule has 0 aliphatic carbocycles. The number of aryl methyl sites for hydroxylation is 2. The molecule has 2 rings (SSSR count). The van der Waals surface area contributed by atoms with E-state index >= 15 is 0 Å². The van der Waals surface area contributed by atoms with Gasteiger partial charge in [0.2, 0.25) is 0 Å². The van der Waals surface area contributed by atoms with Crippen LogP contribution < -0.4 is 5.32 Å². The van der Waals surface area contributed by atoms with Crippen LogP contribution in [0.2, 0.25) is 0 Å². The molecule has 0 spiro atoms. The van der Waals surface area contributed by atoms with Crippen molar-refractivity contribution >= 4 is 0 Å². The summed E-state index contributed by atoms with van der Waals surface area (Å²) in [6, 6.07) is 8.98. The summed E-state index contributed by atoms with van der Waals surface area (Å²) in [5, 5.41) is 7.89. The lowest BCUT2D eigenvalue weighted by atomic mass is 10.1. The zero-order chi connectivity index (χ0) is 13.8. The minimum absolute atomic E-state index is 0.489. The molecule has 1 aromatic heterocycles. The molecule has 19 heavy (non-hydrogen) atoms. The molecule has 4 heteroatoms. The van der Waals surface area contributed by atoms with Gasteiger partial charge in [-0.05, 0) is 25.0 Å². The third-order valence-electron chi connectivity index (χ3n) is 3.10. The molecule has 0 fully saturated rings. The van der Waals surface area contributed by atoms with Crippen LogP contribution in [-0.4, -0.2) is 20.8 Å². The molecule has 1 heterocycles. The molecular weight excluding hydrogens is 236 g/mol. The summed E-state index contributed by atoms with van der Waals surface area (Å²) >= 11 is 0. The van der Waals surface area contributed by atoms with Gasteiger partial charge in [-0.2, -0.15) is 5.10 Å². The Morgan fingerprint density at radius 3 is 2.42 bits per heavy atom. The Bertz CT molecular complexity index is 543. The minimum Gasteiger partial charge on any atom is -0.310 e. The van der Waals surface area contributed by atoms with Gasteiger partial charge in [-0.3, -0.25) is 0 Å². The number of nitrogens with zero attached hydrogens (tertiary/aromatic N) is 3.